The quantitative estimate of drug-likeness (QED) is 0.646. The predicted octanol–water partition coefficient (Wildman–Crippen LogP) is 3.02. The molecular weight excluding hydrogens is 390 g/mol. The Labute approximate surface area is 176 Å². The van der Waals surface area contributed by atoms with E-state index in [0.717, 1.165) is 0 Å². The van der Waals surface area contributed by atoms with Gasteiger partial charge >= 0.3 is 0 Å². The summed E-state index contributed by atoms with van der Waals surface area (Å²) in [5, 5.41) is 2.74. The van der Waals surface area contributed by atoms with Crippen molar-refractivity contribution in [1.29, 1.82) is 0 Å². The van der Waals surface area contributed by atoms with Crippen LogP contribution >= 0.6 is 11.6 Å². The number of likely N-dealkylation sites (N-methyl/N-ethyl adjacent to an activating group) is 1. The maximum absolute atomic E-state index is 12.9. The number of carbonyl (C=O) groups is 3. The van der Waals surface area contributed by atoms with Crippen LogP contribution in [0.15, 0.2) is 48.5 Å². The summed E-state index contributed by atoms with van der Waals surface area (Å²) in [6.07, 6.45) is 0.488. The molecule has 0 saturated carbocycles. The number of amides is 2. The molecule has 0 aliphatic carbocycles. The number of nitrogens with two attached hydrogens (primary N) is 1. The second-order valence-electron chi connectivity index (χ2n) is 7.36. The zero-order chi connectivity index (χ0) is 21.6. The number of halogens is 1. The van der Waals surface area contributed by atoms with Crippen molar-refractivity contribution >= 4 is 34.9 Å². The monoisotopic (exact) mass is 415 g/mol. The summed E-state index contributed by atoms with van der Waals surface area (Å²) in [6.45, 7) is 3.79. The molecule has 0 heterocycles. The van der Waals surface area contributed by atoms with Gasteiger partial charge in [0.05, 0.1) is 12.6 Å². The van der Waals surface area contributed by atoms with Gasteiger partial charge in [-0.25, -0.2) is 0 Å². The fourth-order valence-electron chi connectivity index (χ4n) is 2.95. The number of anilines is 1. The Bertz CT molecular complexity index is 884. The molecule has 0 aliphatic rings. The fourth-order valence-corrected chi connectivity index (χ4v) is 3.13. The van der Waals surface area contributed by atoms with Crippen LogP contribution in [0.1, 0.15) is 36.2 Å². The number of hydrogen-bond acceptors (Lipinski definition) is 5. The molecule has 2 aromatic rings. The van der Waals surface area contributed by atoms with Crippen LogP contribution < -0.4 is 16.0 Å². The van der Waals surface area contributed by atoms with Gasteiger partial charge in [-0.2, -0.15) is 0 Å². The third-order valence-corrected chi connectivity index (χ3v) is 4.59. The first-order chi connectivity index (χ1) is 13.7. The average Bonchev–Trinajstić information content (AvgIpc) is 2.67. The highest BCUT2D eigenvalue weighted by atomic mass is 35.5. The molecule has 0 spiro atoms. The van der Waals surface area contributed by atoms with E-state index in [4.69, 9.17) is 17.3 Å². The van der Waals surface area contributed by atoms with Crippen LogP contribution in [0.5, 0.6) is 0 Å². The number of rotatable bonds is 8. The molecule has 0 saturated heterocycles. The second-order valence-corrected chi connectivity index (χ2v) is 7.80. The minimum absolute atomic E-state index is 0.114. The number of benzene rings is 2. The minimum Gasteiger partial charge on any atom is -0.365 e. The van der Waals surface area contributed by atoms with Gasteiger partial charge < -0.3 is 10.6 Å². The first kappa shape index (κ1) is 22.6. The fraction of sp³-hybridized carbons (Fsp3) is 0.318. The van der Waals surface area contributed by atoms with Gasteiger partial charge in [-0.05, 0) is 30.5 Å². The van der Waals surface area contributed by atoms with Crippen LogP contribution in [0.25, 0.3) is 0 Å². The molecule has 0 unspecified atom stereocenters. The van der Waals surface area contributed by atoms with Crippen molar-refractivity contribution in [2.24, 2.45) is 11.7 Å². The molecule has 2 aromatic carbocycles. The van der Waals surface area contributed by atoms with E-state index in [1.165, 1.54) is 0 Å². The molecule has 2 amide bonds. The smallest absolute Gasteiger partial charge is 0.246 e. The number of nitrogens with zero attached hydrogens (tertiary/aromatic N) is 1. The average molecular weight is 416 g/mol. The van der Waals surface area contributed by atoms with Crippen LogP contribution in [0.2, 0.25) is 5.02 Å². The highest BCUT2D eigenvalue weighted by Crippen LogP contribution is 2.26. The zero-order valence-corrected chi connectivity index (χ0v) is 17.6. The van der Waals surface area contributed by atoms with E-state index in [1.54, 1.807) is 54.4 Å². The molecule has 29 heavy (non-hydrogen) atoms. The number of nitrogens with one attached hydrogen (secondary N) is 1. The van der Waals surface area contributed by atoms with Crippen molar-refractivity contribution in [1.82, 2.24) is 5.32 Å². The first-order valence-electron chi connectivity index (χ1n) is 9.38. The summed E-state index contributed by atoms with van der Waals surface area (Å²) in [7, 11) is 1.67. The third-order valence-electron chi connectivity index (χ3n) is 4.36. The molecule has 0 fully saturated rings. The number of imide groups is 1. The Morgan fingerprint density at radius 3 is 2.38 bits per heavy atom. The van der Waals surface area contributed by atoms with E-state index in [2.05, 4.69) is 5.32 Å². The molecule has 0 bridgehead atoms. The molecule has 0 aliphatic heterocycles. The third kappa shape index (κ3) is 6.41. The Kier molecular flexibility index (Phi) is 7.93. The van der Waals surface area contributed by atoms with Crippen LogP contribution in [-0.2, 0) is 9.59 Å². The van der Waals surface area contributed by atoms with Gasteiger partial charge in [0.15, 0.2) is 5.78 Å². The van der Waals surface area contributed by atoms with Gasteiger partial charge in [-0.3, -0.25) is 19.7 Å². The van der Waals surface area contributed by atoms with E-state index < -0.39 is 17.9 Å². The predicted molar refractivity (Wildman–Crippen MR) is 115 cm³/mol. The number of ketones is 1. The zero-order valence-electron chi connectivity index (χ0n) is 16.8. The standard InChI is InChI=1S/C22H26ClN3O3/c1-14(2)11-18(24)22(29)25-20(27)13-26(3)19-10-9-16(23)12-17(19)21(28)15-7-5-4-6-8-15/h4-10,12,14,18H,11,13,24H2,1-3H3,(H,25,27,29)/t18-/m0/s1. The van der Waals surface area contributed by atoms with Crippen molar-refractivity contribution < 1.29 is 14.4 Å². The normalized spacial score (nSPS) is 11.8. The summed E-state index contributed by atoms with van der Waals surface area (Å²) in [6, 6.07) is 13.0. The van der Waals surface area contributed by atoms with Gasteiger partial charge in [-0.15, -0.1) is 0 Å². The van der Waals surface area contributed by atoms with Crippen molar-refractivity contribution in [2.75, 3.05) is 18.5 Å². The van der Waals surface area contributed by atoms with Crippen LogP contribution in [0.3, 0.4) is 0 Å². The van der Waals surface area contributed by atoms with E-state index in [1.807, 2.05) is 19.9 Å². The summed E-state index contributed by atoms with van der Waals surface area (Å²) in [5.41, 5.74) is 7.25. The van der Waals surface area contributed by atoms with Crippen LogP contribution in [0, 0.1) is 5.92 Å². The molecule has 1 atom stereocenters. The molecule has 154 valence electrons. The molecule has 6 nitrogen and oxygen atoms in total. The maximum Gasteiger partial charge on any atom is 0.246 e. The number of hydrogen-bond donors (Lipinski definition) is 2. The Hall–Kier alpha value is -2.70. The van der Waals surface area contributed by atoms with Crippen molar-refractivity contribution in [3.63, 3.8) is 0 Å². The molecule has 0 radical (unpaired) electrons. The summed E-state index contributed by atoms with van der Waals surface area (Å²) in [4.78, 5) is 38.9. The van der Waals surface area contributed by atoms with Crippen LogP contribution in [0.4, 0.5) is 5.69 Å². The van der Waals surface area contributed by atoms with E-state index in [-0.39, 0.29) is 18.2 Å². The van der Waals surface area contributed by atoms with Crippen molar-refractivity contribution in [3.8, 4) is 0 Å². The number of carbonyl (C=O) groups excluding carboxylic acids is 3. The molecule has 3 N–H and O–H groups in total. The summed E-state index contributed by atoms with van der Waals surface area (Å²) < 4.78 is 0. The van der Waals surface area contributed by atoms with E-state index in [9.17, 15) is 14.4 Å². The lowest BCUT2D eigenvalue weighted by Gasteiger charge is -2.22. The van der Waals surface area contributed by atoms with Gasteiger partial charge in [0.25, 0.3) is 0 Å². The van der Waals surface area contributed by atoms with Crippen molar-refractivity contribution in [3.05, 3.63) is 64.7 Å². The Morgan fingerprint density at radius 2 is 1.76 bits per heavy atom. The minimum atomic E-state index is -0.741. The van der Waals surface area contributed by atoms with Gasteiger partial charge in [0.2, 0.25) is 11.8 Å². The first-order valence-corrected chi connectivity index (χ1v) is 9.76. The van der Waals surface area contributed by atoms with E-state index >= 15 is 0 Å². The Morgan fingerprint density at radius 1 is 1.10 bits per heavy atom. The van der Waals surface area contributed by atoms with Gasteiger partial charge in [-0.1, -0.05) is 55.8 Å². The molecular formula is C22H26ClN3O3. The highest BCUT2D eigenvalue weighted by molar-refractivity contribution is 6.31. The second kappa shape index (κ2) is 10.2. The van der Waals surface area contributed by atoms with Gasteiger partial charge in [0, 0.05) is 28.9 Å². The lowest BCUT2D eigenvalue weighted by molar-refractivity contribution is -0.130. The highest BCUT2D eigenvalue weighted by Gasteiger charge is 2.21. The SMILES string of the molecule is CC(C)C[C@H](N)C(=O)NC(=O)CN(C)c1ccc(Cl)cc1C(=O)c1ccccc1. The molecule has 7 heteroatoms. The van der Waals surface area contributed by atoms with Crippen molar-refractivity contribution in [2.45, 2.75) is 26.3 Å². The molecule has 0 aromatic heterocycles. The molecule has 2 rings (SSSR count). The lowest BCUT2D eigenvalue weighted by atomic mass is 10.0. The maximum atomic E-state index is 12.9. The lowest BCUT2D eigenvalue weighted by Crippen LogP contribution is -2.47. The van der Waals surface area contributed by atoms with Gasteiger partial charge in [0.1, 0.15) is 0 Å². The summed E-state index contributed by atoms with van der Waals surface area (Å²) >= 11 is 6.10. The van der Waals surface area contributed by atoms with E-state index in [0.29, 0.717) is 28.3 Å². The Balaban J connectivity index is 2.15. The van der Waals surface area contributed by atoms with Crippen LogP contribution in [-0.4, -0.2) is 37.2 Å². The largest absolute Gasteiger partial charge is 0.365 e. The topological polar surface area (TPSA) is 92.5 Å². The summed E-state index contributed by atoms with van der Waals surface area (Å²) in [5.74, 6) is -0.960.